The molecule has 0 aromatic heterocycles. The lowest BCUT2D eigenvalue weighted by Crippen LogP contribution is -2.53. The summed E-state index contributed by atoms with van der Waals surface area (Å²) in [5.74, 6) is 0.569. The van der Waals surface area contributed by atoms with Crippen LogP contribution in [0.4, 0.5) is 0 Å². The van der Waals surface area contributed by atoms with Crippen molar-refractivity contribution in [1.82, 2.24) is 4.90 Å². The lowest BCUT2D eigenvalue weighted by atomic mass is 9.77. The summed E-state index contributed by atoms with van der Waals surface area (Å²) >= 11 is 0. The molecule has 2 rings (SSSR count). The van der Waals surface area contributed by atoms with E-state index in [2.05, 4.69) is 36.9 Å². The molecule has 22 heavy (non-hydrogen) atoms. The molecule has 0 bridgehead atoms. The molecule has 0 aliphatic carbocycles. The van der Waals surface area contributed by atoms with Gasteiger partial charge in [0.25, 0.3) is 0 Å². The third-order valence-corrected chi connectivity index (χ3v) is 4.89. The number of piperidine rings is 1. The average molecular weight is 300 g/mol. The van der Waals surface area contributed by atoms with Gasteiger partial charge >= 0.3 is 5.97 Å². The van der Waals surface area contributed by atoms with Gasteiger partial charge in [-0.25, -0.2) is 0 Å². The Hall–Kier alpha value is -1.86. The van der Waals surface area contributed by atoms with Gasteiger partial charge in [-0.05, 0) is 23.8 Å². The molecule has 1 fully saturated rings. The molecule has 1 aromatic carbocycles. The van der Waals surface area contributed by atoms with Crippen molar-refractivity contribution in [2.45, 2.75) is 45.3 Å². The standard InChI is InChI=1S/C18H24N2O2/c1-13-9-16(11-19)20(12-15-7-5-4-6-8-15)17(14(13)2)10-18(21)22-3/h4-8,13-14,16-17H,9-10,12H2,1-3H3/t13-,14-,16?,17-/m1/s1. The van der Waals surface area contributed by atoms with Gasteiger partial charge in [0.05, 0.1) is 25.6 Å². The number of methoxy groups -OCH3 is 1. The zero-order valence-corrected chi connectivity index (χ0v) is 13.5. The van der Waals surface area contributed by atoms with Crippen LogP contribution in [0.2, 0.25) is 0 Å². The first kappa shape index (κ1) is 16.5. The molecule has 0 N–H and O–H groups in total. The van der Waals surface area contributed by atoms with Crippen molar-refractivity contribution in [2.75, 3.05) is 7.11 Å². The van der Waals surface area contributed by atoms with E-state index in [4.69, 9.17) is 4.74 Å². The highest BCUT2D eigenvalue weighted by molar-refractivity contribution is 5.70. The number of carbonyl (C=O) groups excluding carboxylic acids is 1. The maximum Gasteiger partial charge on any atom is 0.307 e. The van der Waals surface area contributed by atoms with Crippen molar-refractivity contribution in [3.8, 4) is 6.07 Å². The fraction of sp³-hybridized carbons (Fsp3) is 0.556. The van der Waals surface area contributed by atoms with Crippen LogP contribution in [0.5, 0.6) is 0 Å². The first-order valence-electron chi connectivity index (χ1n) is 7.83. The van der Waals surface area contributed by atoms with Crippen molar-refractivity contribution in [1.29, 1.82) is 5.26 Å². The predicted molar refractivity (Wildman–Crippen MR) is 84.8 cm³/mol. The number of ether oxygens (including phenoxy) is 1. The molecular formula is C18H24N2O2. The van der Waals surface area contributed by atoms with E-state index in [-0.39, 0.29) is 18.1 Å². The van der Waals surface area contributed by atoms with E-state index in [9.17, 15) is 10.1 Å². The Morgan fingerprint density at radius 1 is 1.36 bits per heavy atom. The Morgan fingerprint density at radius 3 is 2.64 bits per heavy atom. The average Bonchev–Trinajstić information content (AvgIpc) is 2.54. The minimum absolute atomic E-state index is 0.0426. The number of nitrogens with zero attached hydrogens (tertiary/aromatic N) is 2. The van der Waals surface area contributed by atoms with E-state index < -0.39 is 0 Å². The second kappa shape index (κ2) is 7.42. The largest absolute Gasteiger partial charge is 0.469 e. The molecular weight excluding hydrogens is 276 g/mol. The van der Waals surface area contributed by atoms with E-state index in [1.165, 1.54) is 12.7 Å². The van der Waals surface area contributed by atoms with Crippen molar-refractivity contribution in [2.24, 2.45) is 11.8 Å². The Balaban J connectivity index is 2.25. The molecule has 4 heteroatoms. The Morgan fingerprint density at radius 2 is 2.05 bits per heavy atom. The molecule has 1 aliphatic rings. The number of esters is 1. The first-order chi connectivity index (χ1) is 10.6. The van der Waals surface area contributed by atoms with Crippen LogP contribution >= 0.6 is 0 Å². The smallest absolute Gasteiger partial charge is 0.307 e. The Bertz CT molecular complexity index is 538. The van der Waals surface area contributed by atoms with E-state index in [0.717, 1.165) is 6.42 Å². The maximum atomic E-state index is 11.8. The van der Waals surface area contributed by atoms with Gasteiger partial charge in [-0.1, -0.05) is 44.2 Å². The third kappa shape index (κ3) is 3.66. The Kier molecular flexibility index (Phi) is 5.57. The normalized spacial score (nSPS) is 28.8. The monoisotopic (exact) mass is 300 g/mol. The molecule has 0 saturated carbocycles. The highest BCUT2D eigenvalue weighted by Gasteiger charge is 2.40. The topological polar surface area (TPSA) is 53.3 Å². The number of hydrogen-bond acceptors (Lipinski definition) is 4. The fourth-order valence-electron chi connectivity index (χ4n) is 3.32. The molecule has 4 nitrogen and oxygen atoms in total. The number of nitriles is 1. The fourth-order valence-corrected chi connectivity index (χ4v) is 3.32. The zero-order valence-electron chi connectivity index (χ0n) is 13.5. The summed E-state index contributed by atoms with van der Waals surface area (Å²) in [7, 11) is 1.42. The number of carbonyl (C=O) groups is 1. The minimum atomic E-state index is -0.208. The van der Waals surface area contributed by atoms with Crippen LogP contribution < -0.4 is 0 Å². The zero-order chi connectivity index (χ0) is 16.1. The number of hydrogen-bond donors (Lipinski definition) is 0. The molecule has 0 radical (unpaired) electrons. The SMILES string of the molecule is COC(=O)C[C@@H]1[C@H](C)[C@H](C)CC(C#N)N1Cc1ccccc1. The first-order valence-corrected chi connectivity index (χ1v) is 7.83. The van der Waals surface area contributed by atoms with E-state index in [1.54, 1.807) is 0 Å². The summed E-state index contributed by atoms with van der Waals surface area (Å²) in [5, 5.41) is 9.54. The summed E-state index contributed by atoms with van der Waals surface area (Å²) in [6.45, 7) is 5.03. The summed E-state index contributed by atoms with van der Waals surface area (Å²) < 4.78 is 4.86. The predicted octanol–water partition coefficient (Wildman–Crippen LogP) is 2.99. The van der Waals surface area contributed by atoms with E-state index in [0.29, 0.717) is 24.8 Å². The molecule has 1 heterocycles. The molecule has 1 saturated heterocycles. The molecule has 0 spiro atoms. The van der Waals surface area contributed by atoms with Crippen LogP contribution in [0.3, 0.4) is 0 Å². The van der Waals surface area contributed by atoms with Gasteiger partial charge in [-0.15, -0.1) is 0 Å². The van der Waals surface area contributed by atoms with Gasteiger partial charge in [0.15, 0.2) is 0 Å². The third-order valence-electron chi connectivity index (χ3n) is 4.89. The maximum absolute atomic E-state index is 11.8. The summed E-state index contributed by atoms with van der Waals surface area (Å²) in [6, 6.07) is 12.4. The molecule has 1 unspecified atom stereocenters. The molecule has 1 aromatic rings. The molecule has 118 valence electrons. The summed E-state index contributed by atoms with van der Waals surface area (Å²) in [6.07, 6.45) is 1.19. The second-order valence-corrected chi connectivity index (χ2v) is 6.22. The van der Waals surface area contributed by atoms with Crippen LogP contribution in [0.15, 0.2) is 30.3 Å². The van der Waals surface area contributed by atoms with Crippen molar-refractivity contribution >= 4 is 5.97 Å². The lowest BCUT2D eigenvalue weighted by molar-refractivity contribution is -0.143. The highest BCUT2D eigenvalue weighted by Crippen LogP contribution is 2.35. The van der Waals surface area contributed by atoms with Gasteiger partial charge in [-0.2, -0.15) is 5.26 Å². The van der Waals surface area contributed by atoms with Crippen molar-refractivity contribution in [3.63, 3.8) is 0 Å². The van der Waals surface area contributed by atoms with Gasteiger partial charge in [0.1, 0.15) is 0 Å². The van der Waals surface area contributed by atoms with Gasteiger partial charge in [0, 0.05) is 12.6 Å². The van der Waals surface area contributed by atoms with Crippen LogP contribution in [0.25, 0.3) is 0 Å². The van der Waals surface area contributed by atoms with Gasteiger partial charge in [-0.3, -0.25) is 9.69 Å². The van der Waals surface area contributed by atoms with E-state index in [1.807, 2.05) is 18.2 Å². The molecule has 0 amide bonds. The lowest BCUT2D eigenvalue weighted by Gasteiger charge is -2.45. The number of likely N-dealkylation sites (tertiary alicyclic amines) is 1. The van der Waals surface area contributed by atoms with Crippen LogP contribution in [-0.4, -0.2) is 30.1 Å². The molecule has 1 aliphatic heterocycles. The second-order valence-electron chi connectivity index (χ2n) is 6.22. The van der Waals surface area contributed by atoms with Crippen LogP contribution in [-0.2, 0) is 16.1 Å². The summed E-state index contributed by atoms with van der Waals surface area (Å²) in [5.41, 5.74) is 1.17. The van der Waals surface area contributed by atoms with Gasteiger partial charge in [0.2, 0.25) is 0 Å². The van der Waals surface area contributed by atoms with Crippen molar-refractivity contribution in [3.05, 3.63) is 35.9 Å². The number of benzene rings is 1. The van der Waals surface area contributed by atoms with E-state index >= 15 is 0 Å². The van der Waals surface area contributed by atoms with Crippen molar-refractivity contribution < 1.29 is 9.53 Å². The highest BCUT2D eigenvalue weighted by atomic mass is 16.5. The van der Waals surface area contributed by atoms with Gasteiger partial charge < -0.3 is 4.74 Å². The molecule has 4 atom stereocenters. The van der Waals surface area contributed by atoms with Crippen LogP contribution in [0.1, 0.15) is 32.3 Å². The summed E-state index contributed by atoms with van der Waals surface area (Å²) in [4.78, 5) is 14.0. The Labute approximate surface area is 132 Å². The number of rotatable bonds is 4. The minimum Gasteiger partial charge on any atom is -0.469 e. The quantitative estimate of drug-likeness (QED) is 0.802. The van der Waals surface area contributed by atoms with Crippen LogP contribution in [0, 0.1) is 23.2 Å².